The molecule has 0 unspecified atom stereocenters. The molecule has 0 fully saturated rings. The number of carbonyl (C=O) groups excluding carboxylic acids is 1. The minimum atomic E-state index is -1.07. The third-order valence-corrected chi connectivity index (χ3v) is 4.22. The normalized spacial score (nSPS) is 12.5. The van der Waals surface area contributed by atoms with Gasteiger partial charge in [0.05, 0.1) is 0 Å². The molecule has 4 nitrogen and oxygen atoms in total. The maximum Gasteiger partial charge on any atom is 0.326 e. The van der Waals surface area contributed by atoms with Crippen molar-refractivity contribution in [3.8, 4) is 0 Å². The van der Waals surface area contributed by atoms with Gasteiger partial charge in [-0.1, -0.05) is 56.6 Å². The Hall–Kier alpha value is -2.33. The highest BCUT2D eigenvalue weighted by molar-refractivity contribution is 6.30. The molecule has 1 atom stereocenters. The van der Waals surface area contributed by atoms with Crippen LogP contribution in [0.25, 0.3) is 0 Å². The number of benzene rings is 2. The largest absolute Gasteiger partial charge is 0.480 e. The molecular formula is C20H22ClNO3. The van der Waals surface area contributed by atoms with Crippen molar-refractivity contribution in [2.75, 3.05) is 0 Å². The van der Waals surface area contributed by atoms with E-state index in [9.17, 15) is 14.7 Å². The van der Waals surface area contributed by atoms with Crippen molar-refractivity contribution < 1.29 is 14.7 Å². The molecule has 2 aromatic carbocycles. The lowest BCUT2D eigenvalue weighted by atomic mass is 9.86. The zero-order valence-electron chi connectivity index (χ0n) is 14.5. The Bertz CT molecular complexity index is 746. The minimum absolute atomic E-state index is 0.00676. The zero-order valence-corrected chi connectivity index (χ0v) is 15.3. The molecule has 132 valence electrons. The molecule has 0 spiro atoms. The molecular weight excluding hydrogens is 338 g/mol. The van der Waals surface area contributed by atoms with E-state index in [1.165, 1.54) is 0 Å². The van der Waals surface area contributed by atoms with E-state index in [-0.39, 0.29) is 11.8 Å². The smallest absolute Gasteiger partial charge is 0.326 e. The Balaban J connectivity index is 2.09. The van der Waals surface area contributed by atoms with Crippen LogP contribution in [0.2, 0.25) is 5.02 Å². The van der Waals surface area contributed by atoms with Crippen molar-refractivity contribution in [3.63, 3.8) is 0 Å². The van der Waals surface area contributed by atoms with Crippen LogP contribution in [0.1, 0.15) is 42.3 Å². The molecule has 2 aromatic rings. The van der Waals surface area contributed by atoms with Crippen LogP contribution in [0.3, 0.4) is 0 Å². The summed E-state index contributed by atoms with van der Waals surface area (Å²) in [6, 6.07) is 13.1. The molecule has 1 amide bonds. The summed E-state index contributed by atoms with van der Waals surface area (Å²) in [5.74, 6) is -1.48. The van der Waals surface area contributed by atoms with E-state index in [4.69, 9.17) is 11.6 Å². The number of hydrogen-bond donors (Lipinski definition) is 2. The molecule has 0 aliphatic heterocycles. The van der Waals surface area contributed by atoms with Crippen LogP contribution in [-0.2, 0) is 16.6 Å². The van der Waals surface area contributed by atoms with Gasteiger partial charge in [-0.2, -0.15) is 0 Å². The summed E-state index contributed by atoms with van der Waals surface area (Å²) >= 11 is 5.83. The second-order valence-corrected chi connectivity index (χ2v) is 7.46. The Morgan fingerprint density at radius 1 is 1.04 bits per heavy atom. The second kappa shape index (κ2) is 7.70. The number of amides is 1. The average molecular weight is 360 g/mol. The van der Waals surface area contributed by atoms with Gasteiger partial charge in [-0.25, -0.2) is 4.79 Å². The summed E-state index contributed by atoms with van der Waals surface area (Å²) < 4.78 is 0. The third-order valence-electron chi connectivity index (χ3n) is 3.97. The fourth-order valence-electron chi connectivity index (χ4n) is 2.42. The van der Waals surface area contributed by atoms with Crippen molar-refractivity contribution >= 4 is 23.5 Å². The Morgan fingerprint density at radius 2 is 1.60 bits per heavy atom. The molecule has 0 aromatic heterocycles. The number of carboxylic acid groups (broad SMARTS) is 1. The SMILES string of the molecule is CC(C)(C)c1ccc(C(=O)N[C@@H](Cc2ccc(Cl)cc2)C(=O)O)cc1. The highest BCUT2D eigenvalue weighted by Gasteiger charge is 2.21. The molecule has 2 N–H and O–H groups in total. The van der Waals surface area contributed by atoms with Gasteiger partial charge in [0.25, 0.3) is 5.91 Å². The van der Waals surface area contributed by atoms with Crippen LogP contribution in [0, 0.1) is 0 Å². The molecule has 0 saturated carbocycles. The Morgan fingerprint density at radius 3 is 2.08 bits per heavy atom. The number of rotatable bonds is 5. The van der Waals surface area contributed by atoms with E-state index in [0.29, 0.717) is 10.6 Å². The first-order chi connectivity index (χ1) is 11.7. The van der Waals surface area contributed by atoms with Crippen molar-refractivity contribution in [3.05, 3.63) is 70.2 Å². The molecule has 0 bridgehead atoms. The maximum absolute atomic E-state index is 12.4. The van der Waals surface area contributed by atoms with Crippen LogP contribution in [0.5, 0.6) is 0 Å². The van der Waals surface area contributed by atoms with Crippen LogP contribution in [0.4, 0.5) is 0 Å². The molecule has 25 heavy (non-hydrogen) atoms. The number of carbonyl (C=O) groups is 2. The maximum atomic E-state index is 12.4. The van der Waals surface area contributed by atoms with Gasteiger partial charge in [-0.3, -0.25) is 4.79 Å². The summed E-state index contributed by atoms with van der Waals surface area (Å²) in [5, 5.41) is 12.6. The van der Waals surface area contributed by atoms with E-state index < -0.39 is 17.9 Å². The summed E-state index contributed by atoms with van der Waals surface area (Å²) in [6.07, 6.45) is 0.193. The predicted molar refractivity (Wildman–Crippen MR) is 99.2 cm³/mol. The van der Waals surface area contributed by atoms with Crippen LogP contribution >= 0.6 is 11.6 Å². The molecule has 0 aliphatic rings. The molecule has 0 saturated heterocycles. The first-order valence-electron chi connectivity index (χ1n) is 8.05. The zero-order chi connectivity index (χ0) is 18.6. The number of hydrogen-bond acceptors (Lipinski definition) is 2. The van der Waals surface area contributed by atoms with Gasteiger partial charge < -0.3 is 10.4 Å². The van der Waals surface area contributed by atoms with Gasteiger partial charge in [0.15, 0.2) is 0 Å². The molecule has 2 rings (SSSR count). The Kier molecular flexibility index (Phi) is 5.85. The van der Waals surface area contributed by atoms with E-state index in [0.717, 1.165) is 11.1 Å². The topological polar surface area (TPSA) is 66.4 Å². The highest BCUT2D eigenvalue weighted by atomic mass is 35.5. The summed E-state index contributed by atoms with van der Waals surface area (Å²) in [4.78, 5) is 23.9. The fraction of sp³-hybridized carbons (Fsp3) is 0.300. The van der Waals surface area contributed by atoms with Crippen LogP contribution in [-0.4, -0.2) is 23.0 Å². The fourth-order valence-corrected chi connectivity index (χ4v) is 2.55. The molecule has 0 radical (unpaired) electrons. The lowest BCUT2D eigenvalue weighted by Gasteiger charge is -2.19. The van der Waals surface area contributed by atoms with Crippen LogP contribution in [0.15, 0.2) is 48.5 Å². The van der Waals surface area contributed by atoms with Crippen molar-refractivity contribution in [2.45, 2.75) is 38.6 Å². The number of halogens is 1. The number of carboxylic acids is 1. The quantitative estimate of drug-likeness (QED) is 0.845. The summed E-state index contributed by atoms with van der Waals surface area (Å²) in [7, 11) is 0. The van der Waals surface area contributed by atoms with E-state index in [1.54, 1.807) is 36.4 Å². The van der Waals surface area contributed by atoms with Crippen molar-refractivity contribution in [1.82, 2.24) is 5.32 Å². The average Bonchev–Trinajstić information content (AvgIpc) is 2.55. The monoisotopic (exact) mass is 359 g/mol. The predicted octanol–water partition coefficient (Wildman–Crippen LogP) is 4.06. The van der Waals surface area contributed by atoms with Gasteiger partial charge in [-0.15, -0.1) is 0 Å². The van der Waals surface area contributed by atoms with E-state index >= 15 is 0 Å². The lowest BCUT2D eigenvalue weighted by Crippen LogP contribution is -2.42. The minimum Gasteiger partial charge on any atom is -0.480 e. The standard InChI is InChI=1S/C20H22ClNO3/c1-20(2,3)15-8-6-14(7-9-15)18(23)22-17(19(24)25)12-13-4-10-16(21)11-5-13/h4-11,17H,12H2,1-3H3,(H,22,23)(H,24,25)/t17-/m0/s1. The first kappa shape index (κ1) is 19.0. The van der Waals surface area contributed by atoms with E-state index in [2.05, 4.69) is 26.1 Å². The van der Waals surface area contributed by atoms with E-state index in [1.807, 2.05) is 12.1 Å². The number of nitrogens with one attached hydrogen (secondary N) is 1. The van der Waals surface area contributed by atoms with Crippen molar-refractivity contribution in [1.29, 1.82) is 0 Å². The van der Waals surface area contributed by atoms with Crippen LogP contribution < -0.4 is 5.32 Å². The number of aliphatic carboxylic acids is 1. The third kappa shape index (κ3) is 5.33. The molecule has 0 heterocycles. The van der Waals surface area contributed by atoms with Gasteiger partial charge in [0.2, 0.25) is 0 Å². The summed E-state index contributed by atoms with van der Waals surface area (Å²) in [6.45, 7) is 6.28. The first-order valence-corrected chi connectivity index (χ1v) is 8.43. The Labute approximate surface area is 152 Å². The highest BCUT2D eigenvalue weighted by Crippen LogP contribution is 2.22. The van der Waals surface area contributed by atoms with Gasteiger partial charge >= 0.3 is 5.97 Å². The van der Waals surface area contributed by atoms with Gasteiger partial charge in [0.1, 0.15) is 6.04 Å². The van der Waals surface area contributed by atoms with Crippen molar-refractivity contribution in [2.24, 2.45) is 0 Å². The molecule has 0 aliphatic carbocycles. The summed E-state index contributed by atoms with van der Waals surface area (Å²) in [5.41, 5.74) is 2.34. The molecule has 5 heteroatoms. The second-order valence-electron chi connectivity index (χ2n) is 7.02. The lowest BCUT2D eigenvalue weighted by molar-refractivity contribution is -0.139. The van der Waals surface area contributed by atoms with Gasteiger partial charge in [0, 0.05) is 17.0 Å². The van der Waals surface area contributed by atoms with Gasteiger partial charge in [-0.05, 0) is 40.8 Å².